The number of hydrogen-bond donors (Lipinski definition) is 4. The molecule has 0 spiro atoms. The number of nitrogens with zero attached hydrogens (tertiary/aromatic N) is 5. The minimum Gasteiger partial charge on any atom is -0.438 e. The van der Waals surface area contributed by atoms with Crippen LogP contribution in [-0.2, 0) is 10.9 Å². The van der Waals surface area contributed by atoms with Gasteiger partial charge in [0.2, 0.25) is 11.8 Å². The summed E-state index contributed by atoms with van der Waals surface area (Å²) in [5.74, 6) is 0.240. The van der Waals surface area contributed by atoms with Gasteiger partial charge in [-0.15, -0.1) is 0 Å². The molecule has 0 saturated carbocycles. The number of anilines is 4. The molecule has 13 nitrogen and oxygen atoms in total. The highest BCUT2D eigenvalue weighted by Gasteiger charge is 2.32. The van der Waals surface area contributed by atoms with Crippen molar-refractivity contribution in [1.29, 1.82) is 0 Å². The van der Waals surface area contributed by atoms with Crippen LogP contribution in [0.2, 0.25) is 0 Å². The van der Waals surface area contributed by atoms with Crippen LogP contribution in [0.4, 0.5) is 41.1 Å². The van der Waals surface area contributed by atoms with Crippen molar-refractivity contribution in [2.75, 3.05) is 55.3 Å². The van der Waals surface area contributed by atoms with E-state index in [1.165, 1.54) is 18.3 Å². The zero-order valence-corrected chi connectivity index (χ0v) is 32.9. The molecule has 0 atom stereocenters. The Bertz CT molecular complexity index is 2670. The number of ether oxygens (including phenoxy) is 2. The van der Waals surface area contributed by atoms with Crippen LogP contribution < -0.4 is 26.0 Å². The van der Waals surface area contributed by atoms with Gasteiger partial charge in [0.25, 0.3) is 5.91 Å². The second kappa shape index (κ2) is 17.9. The summed E-state index contributed by atoms with van der Waals surface area (Å²) >= 11 is 0. The number of hydrogen-bond acceptors (Lipinski definition) is 9. The summed E-state index contributed by atoms with van der Waals surface area (Å²) < 4.78 is 55.1. The van der Waals surface area contributed by atoms with Gasteiger partial charge in [-0.3, -0.25) is 15.0 Å². The summed E-state index contributed by atoms with van der Waals surface area (Å²) in [7, 11) is 0. The van der Waals surface area contributed by atoms with Crippen LogP contribution in [0.25, 0.3) is 27.7 Å². The normalized spacial score (nSPS) is 13.1. The Morgan fingerprint density at radius 2 is 1.59 bits per heavy atom. The van der Waals surface area contributed by atoms with E-state index in [1.54, 1.807) is 16.8 Å². The number of carbonyl (C=O) groups is 2. The van der Waals surface area contributed by atoms with E-state index in [2.05, 4.69) is 36.1 Å². The molecule has 2 aromatic heterocycles. The molecular formula is C45H40F3N9O4. The summed E-state index contributed by atoms with van der Waals surface area (Å²) in [5, 5.41) is 17.5. The van der Waals surface area contributed by atoms with E-state index in [0.29, 0.717) is 66.6 Å². The molecule has 0 radical (unpaired) electrons. The van der Waals surface area contributed by atoms with Gasteiger partial charge < -0.3 is 25.4 Å². The molecule has 310 valence electrons. The zero-order chi connectivity index (χ0) is 42.3. The van der Waals surface area contributed by atoms with Gasteiger partial charge in [-0.2, -0.15) is 23.3 Å². The highest BCUT2D eigenvalue weighted by atomic mass is 19.4. The number of rotatable bonds is 12. The van der Waals surface area contributed by atoms with E-state index in [-0.39, 0.29) is 29.6 Å². The van der Waals surface area contributed by atoms with Crippen molar-refractivity contribution in [2.45, 2.75) is 13.1 Å². The number of halogens is 3. The van der Waals surface area contributed by atoms with Crippen LogP contribution >= 0.6 is 0 Å². The number of aromatic nitrogens is 4. The van der Waals surface area contributed by atoms with Crippen LogP contribution in [0.5, 0.6) is 11.6 Å². The van der Waals surface area contributed by atoms with Gasteiger partial charge in [0, 0.05) is 72.1 Å². The number of alkyl halides is 3. The third-order valence-corrected chi connectivity index (χ3v) is 9.87. The van der Waals surface area contributed by atoms with Crippen LogP contribution in [0, 0.1) is 6.92 Å². The van der Waals surface area contributed by atoms with Gasteiger partial charge in [0.05, 0.1) is 35.8 Å². The Hall–Kier alpha value is -7.30. The molecule has 3 heterocycles. The van der Waals surface area contributed by atoms with Gasteiger partial charge in [-0.1, -0.05) is 72.3 Å². The topological polar surface area (TPSA) is 148 Å². The van der Waals surface area contributed by atoms with Crippen molar-refractivity contribution < 1.29 is 32.2 Å². The molecule has 5 aromatic carbocycles. The largest absolute Gasteiger partial charge is 0.438 e. The smallest absolute Gasteiger partial charge is 0.416 e. The standard InChI is InChI=1S/C45H40F3N9O4/c1-29-11-13-34(14-12-29)57-40(28-38(55-57)30-7-3-2-4-8-30)53-44(59)52-37-15-16-39(36-10-6-5-9-35(36)37)61-41-17-18-50-43(54-41)51-33-26-31(25-32(27-33)45(46,47)48)42(58)49-19-20-56-21-23-60-24-22-56/h2-18,25-28H,19-24H2,1H3,(H,49,58)(H,50,51,54)(H2,52,53,59). The SMILES string of the molecule is Cc1ccc(-n2nc(-c3ccccc3)cc2NC(=O)Nc2ccc(Oc3ccnc(Nc4cc(C(=O)NCCN5CCOCC5)cc(C(F)(F)F)c4)n3)c3ccccc23)cc1. The number of urea groups is 1. The van der Waals surface area contributed by atoms with Crippen molar-refractivity contribution in [1.82, 2.24) is 30.0 Å². The van der Waals surface area contributed by atoms with Crippen LogP contribution in [0.3, 0.4) is 0 Å². The molecule has 0 bridgehead atoms. The van der Waals surface area contributed by atoms with E-state index in [1.807, 2.05) is 91.9 Å². The predicted octanol–water partition coefficient (Wildman–Crippen LogP) is 9.05. The Labute approximate surface area is 348 Å². The number of aryl methyl sites for hydroxylation is 1. The first-order valence-corrected chi connectivity index (χ1v) is 19.5. The van der Waals surface area contributed by atoms with Gasteiger partial charge in [0.15, 0.2) is 0 Å². The first-order chi connectivity index (χ1) is 29.6. The summed E-state index contributed by atoms with van der Waals surface area (Å²) in [5.41, 5.74) is 2.72. The maximum atomic E-state index is 14.0. The zero-order valence-electron chi connectivity index (χ0n) is 32.9. The third kappa shape index (κ3) is 9.95. The fourth-order valence-corrected chi connectivity index (χ4v) is 6.79. The fourth-order valence-electron chi connectivity index (χ4n) is 6.79. The quantitative estimate of drug-likeness (QED) is 0.0948. The van der Waals surface area contributed by atoms with Crippen LogP contribution in [0.1, 0.15) is 21.5 Å². The van der Waals surface area contributed by atoms with Gasteiger partial charge >= 0.3 is 12.2 Å². The molecule has 1 fully saturated rings. The average Bonchev–Trinajstić information content (AvgIpc) is 3.68. The van der Waals surface area contributed by atoms with Gasteiger partial charge in [0.1, 0.15) is 11.6 Å². The first-order valence-electron chi connectivity index (χ1n) is 19.5. The van der Waals surface area contributed by atoms with Crippen molar-refractivity contribution in [3.63, 3.8) is 0 Å². The van der Waals surface area contributed by atoms with Crippen molar-refractivity contribution in [3.05, 3.63) is 144 Å². The van der Waals surface area contributed by atoms with E-state index in [9.17, 15) is 22.8 Å². The molecule has 8 rings (SSSR count). The Balaban J connectivity index is 0.982. The number of amides is 3. The summed E-state index contributed by atoms with van der Waals surface area (Å²) in [6.07, 6.45) is -3.32. The molecule has 0 aliphatic carbocycles. The molecule has 1 aliphatic heterocycles. The lowest BCUT2D eigenvalue weighted by Gasteiger charge is -2.26. The number of nitrogens with one attached hydrogen (secondary N) is 4. The third-order valence-electron chi connectivity index (χ3n) is 9.87. The van der Waals surface area contributed by atoms with Crippen molar-refractivity contribution in [2.24, 2.45) is 0 Å². The number of carbonyl (C=O) groups excluding carboxylic acids is 2. The predicted molar refractivity (Wildman–Crippen MR) is 227 cm³/mol. The van der Waals surface area contributed by atoms with Crippen LogP contribution in [-0.4, -0.2) is 76.0 Å². The Morgan fingerprint density at radius 1 is 0.836 bits per heavy atom. The lowest BCUT2D eigenvalue weighted by Crippen LogP contribution is -2.41. The lowest BCUT2D eigenvalue weighted by molar-refractivity contribution is -0.137. The summed E-state index contributed by atoms with van der Waals surface area (Å²) in [4.78, 5) is 37.3. The van der Waals surface area contributed by atoms with Gasteiger partial charge in [-0.05, 0) is 49.4 Å². The average molecular weight is 828 g/mol. The molecule has 16 heteroatoms. The molecule has 0 unspecified atom stereocenters. The number of morpholine rings is 1. The van der Waals surface area contributed by atoms with E-state index >= 15 is 0 Å². The Morgan fingerprint density at radius 3 is 2.36 bits per heavy atom. The molecule has 4 N–H and O–H groups in total. The minimum absolute atomic E-state index is 0.0392. The second-order valence-corrected chi connectivity index (χ2v) is 14.2. The Kier molecular flexibility index (Phi) is 11.9. The first kappa shape index (κ1) is 40.5. The molecule has 1 aliphatic rings. The second-order valence-electron chi connectivity index (χ2n) is 14.2. The maximum absolute atomic E-state index is 14.0. The summed E-state index contributed by atoms with van der Waals surface area (Å²) in [6.45, 7) is 5.41. The molecule has 61 heavy (non-hydrogen) atoms. The fraction of sp³-hybridized carbons (Fsp3) is 0.178. The summed E-state index contributed by atoms with van der Waals surface area (Å²) in [6, 6.07) is 34.0. The molecular weight excluding hydrogens is 788 g/mol. The minimum atomic E-state index is -4.72. The highest BCUT2D eigenvalue weighted by molar-refractivity contribution is 6.07. The number of benzene rings is 5. The van der Waals surface area contributed by atoms with Crippen molar-refractivity contribution >= 4 is 45.9 Å². The monoisotopic (exact) mass is 827 g/mol. The maximum Gasteiger partial charge on any atom is 0.416 e. The van der Waals surface area contributed by atoms with E-state index in [4.69, 9.17) is 14.6 Å². The molecule has 3 amide bonds. The van der Waals surface area contributed by atoms with Crippen molar-refractivity contribution in [3.8, 4) is 28.6 Å². The molecule has 1 saturated heterocycles. The van der Waals surface area contributed by atoms with Crippen LogP contribution in [0.15, 0.2) is 128 Å². The van der Waals surface area contributed by atoms with Gasteiger partial charge in [-0.25, -0.2) is 14.5 Å². The number of fused-ring (bicyclic) bond motifs is 1. The molecule has 7 aromatic rings. The van der Waals surface area contributed by atoms with E-state index in [0.717, 1.165) is 28.9 Å². The lowest BCUT2D eigenvalue weighted by atomic mass is 10.1. The van der Waals surface area contributed by atoms with E-state index < -0.39 is 23.7 Å². The highest BCUT2D eigenvalue weighted by Crippen LogP contribution is 2.36.